The maximum Gasteiger partial charge on any atom is 0.0715 e. The Kier molecular flexibility index (Phi) is 3.78. The van der Waals surface area contributed by atoms with Crippen molar-refractivity contribution in [3.05, 3.63) is 59.7 Å². The van der Waals surface area contributed by atoms with E-state index in [2.05, 4.69) is 31.2 Å². The molecule has 18 heavy (non-hydrogen) atoms. The van der Waals surface area contributed by atoms with Gasteiger partial charge in [-0.05, 0) is 28.7 Å². The van der Waals surface area contributed by atoms with Crippen LogP contribution in [0.25, 0.3) is 11.1 Å². The van der Waals surface area contributed by atoms with Crippen LogP contribution in [0.3, 0.4) is 0 Å². The fraction of sp³-hybridized carbons (Fsp3) is 0.188. The lowest BCUT2D eigenvalue weighted by Gasteiger charge is -2.06. The van der Waals surface area contributed by atoms with Crippen LogP contribution in [-0.2, 0) is 6.42 Å². The van der Waals surface area contributed by atoms with Crippen molar-refractivity contribution >= 4 is 5.97 Å². The molecule has 0 atom stereocenters. The van der Waals surface area contributed by atoms with Crippen molar-refractivity contribution in [2.75, 3.05) is 0 Å². The Hall–Kier alpha value is -2.09. The summed E-state index contributed by atoms with van der Waals surface area (Å²) in [7, 11) is 0. The molecule has 0 unspecified atom stereocenters. The van der Waals surface area contributed by atoms with E-state index in [1.807, 2.05) is 0 Å². The summed E-state index contributed by atoms with van der Waals surface area (Å²) in [6, 6.07) is 15.1. The van der Waals surface area contributed by atoms with E-state index in [4.69, 9.17) is 0 Å². The predicted octanol–water partition coefficient (Wildman–Crippen LogP) is 2.67. The van der Waals surface area contributed by atoms with E-state index in [1.165, 1.54) is 5.56 Å². The molecule has 0 spiro atoms. The Morgan fingerprint density at radius 2 is 1.44 bits per heavy atom. The minimum atomic E-state index is -1.14. The molecule has 0 amide bonds. The summed E-state index contributed by atoms with van der Waals surface area (Å²) in [6.07, 6.45) is 2.23. The minimum Gasteiger partial charge on any atom is -0.545 e. The number of rotatable bonds is 4. The fourth-order valence-electron chi connectivity index (χ4n) is 1.95. The lowest BCUT2D eigenvalue weighted by molar-refractivity contribution is -0.255. The average Bonchev–Trinajstić information content (AvgIpc) is 2.40. The topological polar surface area (TPSA) is 40.1 Å². The third-order valence-corrected chi connectivity index (χ3v) is 2.95. The van der Waals surface area contributed by atoms with Gasteiger partial charge in [0.2, 0.25) is 0 Å². The van der Waals surface area contributed by atoms with Crippen molar-refractivity contribution in [2.45, 2.75) is 19.8 Å². The molecule has 2 heteroatoms. The van der Waals surface area contributed by atoms with E-state index in [1.54, 1.807) is 24.3 Å². The average molecular weight is 239 g/mol. The fourth-order valence-corrected chi connectivity index (χ4v) is 1.95. The smallest absolute Gasteiger partial charge is 0.0715 e. The second-order valence-corrected chi connectivity index (χ2v) is 4.31. The molecule has 0 saturated carbocycles. The number of aryl methyl sites for hydroxylation is 1. The van der Waals surface area contributed by atoms with Gasteiger partial charge in [-0.25, -0.2) is 0 Å². The van der Waals surface area contributed by atoms with E-state index in [-0.39, 0.29) is 5.56 Å². The molecule has 2 rings (SSSR count). The first-order chi connectivity index (χ1) is 8.70. The lowest BCUT2D eigenvalue weighted by Crippen LogP contribution is -2.21. The SMILES string of the molecule is CCCc1ccc(-c2ccc(C(=O)[O-])cc2)cc1. The molecular weight excluding hydrogens is 224 g/mol. The molecule has 0 aliphatic rings. The molecule has 0 N–H and O–H groups in total. The molecule has 0 fully saturated rings. The normalized spacial score (nSPS) is 10.3. The first-order valence-electron chi connectivity index (χ1n) is 6.11. The van der Waals surface area contributed by atoms with Gasteiger partial charge in [-0.2, -0.15) is 0 Å². The number of hydrogen-bond donors (Lipinski definition) is 0. The molecule has 2 aromatic rings. The van der Waals surface area contributed by atoms with Crippen LogP contribution < -0.4 is 5.11 Å². The summed E-state index contributed by atoms with van der Waals surface area (Å²) in [5.41, 5.74) is 3.65. The van der Waals surface area contributed by atoms with Crippen molar-refractivity contribution in [3.63, 3.8) is 0 Å². The highest BCUT2D eigenvalue weighted by molar-refractivity contribution is 5.86. The zero-order valence-corrected chi connectivity index (χ0v) is 10.3. The Balaban J connectivity index is 2.23. The van der Waals surface area contributed by atoms with Crippen LogP contribution in [0.15, 0.2) is 48.5 Å². The maximum absolute atomic E-state index is 10.7. The molecule has 0 saturated heterocycles. The Morgan fingerprint density at radius 1 is 0.944 bits per heavy atom. The number of aromatic carboxylic acids is 1. The number of carboxylic acid groups (broad SMARTS) is 1. The van der Waals surface area contributed by atoms with Gasteiger partial charge in [-0.3, -0.25) is 0 Å². The van der Waals surface area contributed by atoms with Crippen molar-refractivity contribution < 1.29 is 9.90 Å². The zero-order chi connectivity index (χ0) is 13.0. The molecule has 2 nitrogen and oxygen atoms in total. The third-order valence-electron chi connectivity index (χ3n) is 2.95. The number of carbonyl (C=O) groups is 1. The van der Waals surface area contributed by atoms with Crippen molar-refractivity contribution in [1.82, 2.24) is 0 Å². The first kappa shape index (κ1) is 12.4. The number of carboxylic acids is 1. The second kappa shape index (κ2) is 5.50. The van der Waals surface area contributed by atoms with Crippen LogP contribution in [-0.4, -0.2) is 5.97 Å². The molecule has 2 aromatic carbocycles. The summed E-state index contributed by atoms with van der Waals surface area (Å²) in [4.78, 5) is 10.7. The summed E-state index contributed by atoms with van der Waals surface area (Å²) < 4.78 is 0. The van der Waals surface area contributed by atoms with E-state index in [9.17, 15) is 9.90 Å². The molecule has 0 radical (unpaired) electrons. The van der Waals surface area contributed by atoms with Crippen LogP contribution in [0.2, 0.25) is 0 Å². The Morgan fingerprint density at radius 3 is 1.89 bits per heavy atom. The summed E-state index contributed by atoms with van der Waals surface area (Å²) >= 11 is 0. The summed E-state index contributed by atoms with van der Waals surface area (Å²) in [6.45, 7) is 2.16. The van der Waals surface area contributed by atoms with Crippen molar-refractivity contribution in [2.24, 2.45) is 0 Å². The van der Waals surface area contributed by atoms with E-state index >= 15 is 0 Å². The summed E-state index contributed by atoms with van der Waals surface area (Å²) in [5, 5.41) is 10.7. The highest BCUT2D eigenvalue weighted by atomic mass is 16.4. The van der Waals surface area contributed by atoms with Gasteiger partial charge in [-0.15, -0.1) is 0 Å². The van der Waals surface area contributed by atoms with Gasteiger partial charge in [-0.1, -0.05) is 61.9 Å². The van der Waals surface area contributed by atoms with Crippen LogP contribution in [0.5, 0.6) is 0 Å². The van der Waals surface area contributed by atoms with Gasteiger partial charge in [0, 0.05) is 0 Å². The third kappa shape index (κ3) is 2.77. The first-order valence-corrected chi connectivity index (χ1v) is 6.11. The van der Waals surface area contributed by atoms with E-state index in [0.29, 0.717) is 0 Å². The molecule has 92 valence electrons. The second-order valence-electron chi connectivity index (χ2n) is 4.31. The van der Waals surface area contributed by atoms with Crippen LogP contribution >= 0.6 is 0 Å². The van der Waals surface area contributed by atoms with Crippen LogP contribution in [0, 0.1) is 0 Å². The highest BCUT2D eigenvalue weighted by Gasteiger charge is 1.99. The van der Waals surface area contributed by atoms with Gasteiger partial charge in [0.25, 0.3) is 0 Å². The predicted molar refractivity (Wildman–Crippen MR) is 70.2 cm³/mol. The zero-order valence-electron chi connectivity index (χ0n) is 10.3. The van der Waals surface area contributed by atoms with Gasteiger partial charge in [0.05, 0.1) is 5.97 Å². The Bertz CT molecular complexity index is 524. The van der Waals surface area contributed by atoms with Gasteiger partial charge < -0.3 is 9.90 Å². The minimum absolute atomic E-state index is 0.210. The number of benzene rings is 2. The summed E-state index contributed by atoms with van der Waals surface area (Å²) in [5.74, 6) is -1.14. The van der Waals surface area contributed by atoms with E-state index < -0.39 is 5.97 Å². The maximum atomic E-state index is 10.7. The van der Waals surface area contributed by atoms with Crippen molar-refractivity contribution in [3.8, 4) is 11.1 Å². The molecule has 0 heterocycles. The molecule has 0 aliphatic carbocycles. The van der Waals surface area contributed by atoms with Crippen LogP contribution in [0.1, 0.15) is 29.3 Å². The Labute approximate surface area is 107 Å². The van der Waals surface area contributed by atoms with Crippen LogP contribution in [0.4, 0.5) is 0 Å². The van der Waals surface area contributed by atoms with E-state index in [0.717, 1.165) is 24.0 Å². The van der Waals surface area contributed by atoms with Gasteiger partial charge >= 0.3 is 0 Å². The molecule has 0 bridgehead atoms. The highest BCUT2D eigenvalue weighted by Crippen LogP contribution is 2.20. The lowest BCUT2D eigenvalue weighted by atomic mass is 10.0. The standard InChI is InChI=1S/C16H16O2/c1-2-3-12-4-6-13(7-5-12)14-8-10-15(11-9-14)16(17)18/h4-11H,2-3H2,1H3,(H,17,18)/p-1. The number of carbonyl (C=O) groups excluding carboxylic acids is 1. The largest absolute Gasteiger partial charge is 0.545 e. The molecule has 0 aromatic heterocycles. The van der Waals surface area contributed by atoms with Gasteiger partial charge in [0.15, 0.2) is 0 Å². The molecular formula is C16H15O2-. The number of hydrogen-bond acceptors (Lipinski definition) is 2. The molecule has 0 aliphatic heterocycles. The van der Waals surface area contributed by atoms with Gasteiger partial charge in [0.1, 0.15) is 0 Å². The quantitative estimate of drug-likeness (QED) is 0.823. The monoisotopic (exact) mass is 239 g/mol. The van der Waals surface area contributed by atoms with Crippen molar-refractivity contribution in [1.29, 1.82) is 0 Å².